The summed E-state index contributed by atoms with van der Waals surface area (Å²) in [6, 6.07) is 31.5. The lowest BCUT2D eigenvalue weighted by Gasteiger charge is -2.32. The zero-order valence-electron chi connectivity index (χ0n) is 64.0. The molecule has 0 saturated carbocycles. The number of nitrogens with two attached hydrogens (primary N) is 1. The number of ether oxygens (including phenoxy) is 4. The fourth-order valence-electron chi connectivity index (χ4n) is 12.3. The number of amides is 3. The van der Waals surface area contributed by atoms with E-state index in [-0.39, 0.29) is 95.9 Å². The van der Waals surface area contributed by atoms with Gasteiger partial charge in [-0.05, 0) is 192 Å². The molecule has 3 amide bonds. The van der Waals surface area contributed by atoms with Crippen molar-refractivity contribution < 1.29 is 73.0 Å². The smallest absolute Gasteiger partial charge is 0.293 e. The fraction of sp³-hybridized carbons (Fsp3) is 0.455. The number of piperazine rings is 3. The molecular formula is C77H106N10O16S3. The van der Waals surface area contributed by atoms with E-state index in [0.29, 0.717) is 100 Å². The summed E-state index contributed by atoms with van der Waals surface area (Å²) in [6.45, 7) is 20.8. The van der Waals surface area contributed by atoms with E-state index in [9.17, 15) is 54.0 Å². The van der Waals surface area contributed by atoms with Crippen LogP contribution in [0.5, 0.6) is 17.2 Å². The molecule has 3 aliphatic heterocycles. The number of anilines is 1. The first-order valence-corrected chi connectivity index (χ1v) is 39.3. The van der Waals surface area contributed by atoms with E-state index in [1.54, 1.807) is 165 Å². The Bertz CT molecular complexity index is 4090. The third kappa shape index (κ3) is 23.9. The summed E-state index contributed by atoms with van der Waals surface area (Å²) < 4.78 is 101. The molecule has 0 radical (unpaired) electrons. The second-order valence-corrected chi connectivity index (χ2v) is 32.9. The van der Waals surface area contributed by atoms with Gasteiger partial charge in [0.15, 0.2) is 0 Å². The van der Waals surface area contributed by atoms with Crippen LogP contribution in [0.15, 0.2) is 124 Å². The number of ketones is 2. The summed E-state index contributed by atoms with van der Waals surface area (Å²) in [7, 11) is 4.10. The molecular weight excluding hydrogens is 1420 g/mol. The van der Waals surface area contributed by atoms with Gasteiger partial charge in [-0.15, -0.1) is 0 Å². The molecule has 3 fully saturated rings. The third-order valence-corrected chi connectivity index (χ3v) is 25.2. The zero-order valence-corrected chi connectivity index (χ0v) is 66.4. The van der Waals surface area contributed by atoms with Gasteiger partial charge < -0.3 is 54.1 Å². The number of nitrogens with zero attached hydrogens (tertiary/aromatic N) is 9. The van der Waals surface area contributed by atoms with Gasteiger partial charge >= 0.3 is 0 Å². The van der Waals surface area contributed by atoms with Crippen molar-refractivity contribution in [2.45, 2.75) is 81.9 Å². The number of aryl methyl sites for hydroxylation is 6. The quantitative estimate of drug-likeness (QED) is 0.0331. The van der Waals surface area contributed by atoms with Crippen LogP contribution in [0, 0.1) is 41.5 Å². The molecule has 26 nitrogen and oxygen atoms in total. The van der Waals surface area contributed by atoms with Crippen molar-refractivity contribution in [3.63, 3.8) is 0 Å². The highest BCUT2D eigenvalue weighted by atomic mass is 32.2. The predicted octanol–water partition coefficient (Wildman–Crippen LogP) is 6.81. The Hall–Kier alpha value is -8.65. The van der Waals surface area contributed by atoms with Crippen molar-refractivity contribution in [1.82, 2.24) is 42.3 Å². The highest BCUT2D eigenvalue weighted by Crippen LogP contribution is 2.31. The monoisotopic (exact) mass is 1520 g/mol. The van der Waals surface area contributed by atoms with E-state index in [2.05, 4.69) is 26.5 Å². The Morgan fingerprint density at radius 3 is 0.896 bits per heavy atom. The van der Waals surface area contributed by atoms with Crippen molar-refractivity contribution in [2.24, 2.45) is 0 Å². The molecule has 2 N–H and O–H groups in total. The standard InChI is InChI=1S/2C26H35N3O5S.C13H19NO5S.C12H17N3O/c2*1-19-16-24(34-5)17-20(2)25(19)35(32,33)28(4)11-10-23(30)18-21-6-8-22(9-7-21)26(31)29-14-12-27(3)13-15-29;1-10-7-12(18-4)8-11(2)13(10)20(16,17)14(3)5-6-19-9-15;1-14-6-8-15(9-7-14)12(16)10-2-4-11(13)5-3-10/h2*6-9,16-17H,10-15,18H2,1-5H3;7-9H,5-6H2,1-4H3;2-5H,6-9,13H2,1H3. The Morgan fingerprint density at radius 1 is 0.406 bits per heavy atom. The number of benzene rings is 6. The molecule has 3 heterocycles. The molecule has 6 aromatic carbocycles. The summed E-state index contributed by atoms with van der Waals surface area (Å²) in [4.78, 5) is 85.6. The summed E-state index contributed by atoms with van der Waals surface area (Å²) in [5.41, 5.74) is 13.5. The van der Waals surface area contributed by atoms with Crippen LogP contribution in [0.3, 0.4) is 0 Å². The minimum absolute atomic E-state index is 0.00641. The van der Waals surface area contributed by atoms with Crippen LogP contribution >= 0.6 is 0 Å². The molecule has 0 aromatic heterocycles. The number of Topliss-reactive ketones (excluding diaryl/α,β-unsaturated/α-hetero) is 2. The van der Waals surface area contributed by atoms with Gasteiger partial charge in [0.1, 0.15) is 35.4 Å². The van der Waals surface area contributed by atoms with Crippen LogP contribution in [0.4, 0.5) is 5.69 Å². The van der Waals surface area contributed by atoms with E-state index >= 15 is 0 Å². The van der Waals surface area contributed by atoms with E-state index in [1.165, 1.54) is 36.9 Å². The largest absolute Gasteiger partial charge is 0.497 e. The van der Waals surface area contributed by atoms with Crippen molar-refractivity contribution in [3.8, 4) is 17.2 Å². The molecule has 3 saturated heterocycles. The molecule has 3 aliphatic rings. The van der Waals surface area contributed by atoms with Gasteiger partial charge in [0.2, 0.25) is 30.1 Å². The number of nitrogen functional groups attached to an aromatic ring is 1. The molecule has 6 aromatic rings. The molecule has 9 rings (SSSR count). The van der Waals surface area contributed by atoms with Gasteiger partial charge in [-0.1, -0.05) is 24.3 Å². The Kier molecular flexibility index (Phi) is 32.4. The molecule has 106 heavy (non-hydrogen) atoms. The van der Waals surface area contributed by atoms with E-state index in [4.69, 9.17) is 19.9 Å². The van der Waals surface area contributed by atoms with E-state index < -0.39 is 30.1 Å². The predicted molar refractivity (Wildman–Crippen MR) is 409 cm³/mol. The van der Waals surface area contributed by atoms with Crippen LogP contribution in [0.1, 0.15) is 88.4 Å². The summed E-state index contributed by atoms with van der Waals surface area (Å²) in [5, 5.41) is 0. The molecule has 0 unspecified atom stereocenters. The van der Waals surface area contributed by atoms with Gasteiger partial charge in [0.25, 0.3) is 24.2 Å². The number of rotatable bonds is 26. The fourth-order valence-corrected chi connectivity index (χ4v) is 17.0. The number of carbonyl (C=O) groups is 6. The highest BCUT2D eigenvalue weighted by Gasteiger charge is 2.30. The lowest BCUT2D eigenvalue weighted by atomic mass is 10.0. The van der Waals surface area contributed by atoms with Gasteiger partial charge in [-0.2, -0.15) is 4.31 Å². The van der Waals surface area contributed by atoms with E-state index in [0.717, 1.165) is 73.4 Å². The lowest BCUT2D eigenvalue weighted by molar-refractivity contribution is -0.128. The van der Waals surface area contributed by atoms with Crippen molar-refractivity contribution in [1.29, 1.82) is 0 Å². The van der Waals surface area contributed by atoms with Crippen LogP contribution in [0.2, 0.25) is 0 Å². The Morgan fingerprint density at radius 2 is 0.651 bits per heavy atom. The second kappa shape index (κ2) is 39.8. The number of carbonyl (C=O) groups excluding carboxylic acids is 6. The normalized spacial score (nSPS) is 14.6. The molecule has 0 spiro atoms. The number of methoxy groups -OCH3 is 3. The summed E-state index contributed by atoms with van der Waals surface area (Å²) >= 11 is 0. The van der Waals surface area contributed by atoms with Gasteiger partial charge in [-0.3, -0.25) is 28.8 Å². The Balaban J connectivity index is 0.000000232. The van der Waals surface area contributed by atoms with Crippen LogP contribution in [0.25, 0.3) is 0 Å². The van der Waals surface area contributed by atoms with Gasteiger partial charge in [-0.25, -0.2) is 33.9 Å². The minimum atomic E-state index is -3.74. The van der Waals surface area contributed by atoms with Gasteiger partial charge in [0.05, 0.1) is 36.0 Å². The second-order valence-electron chi connectivity index (χ2n) is 27.0. The first-order chi connectivity index (χ1) is 50.0. The Labute approximate surface area is 627 Å². The molecule has 0 atom stereocenters. The van der Waals surface area contributed by atoms with Crippen molar-refractivity contribution >= 4 is 71.5 Å². The molecule has 0 aliphatic carbocycles. The minimum Gasteiger partial charge on any atom is -0.497 e. The summed E-state index contributed by atoms with van der Waals surface area (Å²) in [6.07, 6.45) is 0.590. The van der Waals surface area contributed by atoms with Crippen LogP contribution in [-0.4, -0.2) is 272 Å². The topological polar surface area (TPSA) is 297 Å². The molecule has 578 valence electrons. The lowest BCUT2D eigenvalue weighted by Crippen LogP contribution is -2.47. The summed E-state index contributed by atoms with van der Waals surface area (Å²) in [5.74, 6) is 1.82. The zero-order chi connectivity index (χ0) is 78.4. The van der Waals surface area contributed by atoms with Crippen molar-refractivity contribution in [3.05, 3.63) is 170 Å². The van der Waals surface area contributed by atoms with Crippen LogP contribution < -0.4 is 19.9 Å². The third-order valence-electron chi connectivity index (χ3n) is 18.8. The maximum absolute atomic E-state index is 13.1. The first kappa shape index (κ1) is 86.3. The van der Waals surface area contributed by atoms with Crippen LogP contribution in [-0.2, 0) is 62.0 Å². The number of hydrogen-bond donors (Lipinski definition) is 1. The average molecular weight is 1520 g/mol. The first-order valence-electron chi connectivity index (χ1n) is 35.0. The average Bonchev–Trinajstić information content (AvgIpc) is 0.797. The SMILES string of the molecule is CN1CCN(C(=O)c2ccc(N)cc2)CC1.COc1cc(C)c(S(=O)(=O)N(C)CCC(=O)Cc2ccc(C(=O)N3CCN(C)CC3)cc2)c(C)c1.COc1cc(C)c(S(=O)(=O)N(C)CCC(=O)Cc2ccc(C(=O)N3CCN(C)CC3)cc2)c(C)c1.COc1cc(C)c(S(=O)(=O)N(C)CCOC=O)c(C)c1. The molecule has 0 bridgehead atoms. The maximum atomic E-state index is 13.1. The number of likely N-dealkylation sites (N-methyl/N-ethyl adjacent to an activating group) is 4. The maximum Gasteiger partial charge on any atom is 0.293 e. The number of sulfonamides is 3. The number of hydrogen-bond acceptors (Lipinski definition) is 20. The van der Waals surface area contributed by atoms with Gasteiger partial charge in [0, 0.05) is 167 Å². The highest BCUT2D eigenvalue weighted by molar-refractivity contribution is 7.89. The molecule has 29 heteroatoms. The van der Waals surface area contributed by atoms with Crippen molar-refractivity contribution in [2.75, 3.05) is 174 Å². The van der Waals surface area contributed by atoms with E-state index in [1.807, 2.05) is 28.8 Å².